The Labute approximate surface area is 248 Å². The summed E-state index contributed by atoms with van der Waals surface area (Å²) in [5, 5.41) is 8.77. The summed E-state index contributed by atoms with van der Waals surface area (Å²) in [7, 11) is 3.68. The van der Waals surface area contributed by atoms with Crippen LogP contribution in [-0.4, -0.2) is 54.8 Å². The van der Waals surface area contributed by atoms with Crippen molar-refractivity contribution in [2.45, 2.75) is 50.9 Å². The van der Waals surface area contributed by atoms with E-state index in [1.165, 1.54) is 0 Å². The van der Waals surface area contributed by atoms with Gasteiger partial charge >= 0.3 is 0 Å². The van der Waals surface area contributed by atoms with Crippen LogP contribution in [0.1, 0.15) is 43.1 Å². The zero-order valence-corrected chi connectivity index (χ0v) is 24.6. The molecule has 5 atom stereocenters. The fraction of sp³-hybridized carbons (Fsp3) is 0.324. The summed E-state index contributed by atoms with van der Waals surface area (Å²) in [4.78, 5) is 43.2. The quantitative estimate of drug-likeness (QED) is 0.380. The molecule has 0 fully saturated rings. The van der Waals surface area contributed by atoms with Crippen LogP contribution in [0.3, 0.4) is 0 Å². The number of likely N-dealkylation sites (N-methyl/N-ethyl adjacent to an activating group) is 1. The normalized spacial score (nSPS) is 20.5. The van der Waals surface area contributed by atoms with E-state index in [0.29, 0.717) is 24.2 Å². The number of rotatable bonds is 8. The summed E-state index contributed by atoms with van der Waals surface area (Å²) in [6.07, 6.45) is 3.60. The summed E-state index contributed by atoms with van der Waals surface area (Å²) >= 11 is 0. The van der Waals surface area contributed by atoms with E-state index in [1.807, 2.05) is 106 Å². The van der Waals surface area contributed by atoms with Crippen molar-refractivity contribution in [1.82, 2.24) is 20.9 Å². The van der Waals surface area contributed by atoms with Crippen LogP contribution in [0.15, 0.2) is 91.1 Å². The highest BCUT2D eigenvalue weighted by Gasteiger charge is 2.38. The molecule has 5 rings (SSSR count). The molecule has 3 aromatic carbocycles. The molecule has 220 valence electrons. The maximum absolute atomic E-state index is 14.2. The molecule has 2 aliphatic rings. The molecule has 2 aliphatic heterocycles. The third-order valence-corrected chi connectivity index (χ3v) is 7.65. The number of nitrogens with zero attached hydrogens (tertiary/aromatic N) is 1. The molecule has 0 spiro atoms. The van der Waals surface area contributed by atoms with Crippen LogP contribution in [-0.2, 0) is 20.8 Å². The Kier molecular flexibility index (Phi) is 10.5. The monoisotopic (exact) mass is 568 g/mol. The van der Waals surface area contributed by atoms with Crippen LogP contribution in [0.2, 0.25) is 0 Å². The lowest BCUT2D eigenvalue weighted by atomic mass is 9.95. The van der Waals surface area contributed by atoms with Gasteiger partial charge in [0.15, 0.2) is 6.10 Å². The predicted molar refractivity (Wildman–Crippen MR) is 164 cm³/mol. The largest absolute Gasteiger partial charge is 0.483 e. The fourth-order valence-electron chi connectivity index (χ4n) is 4.91. The van der Waals surface area contributed by atoms with Gasteiger partial charge in [-0.15, -0.1) is 0 Å². The van der Waals surface area contributed by atoms with Crippen LogP contribution < -0.4 is 20.7 Å². The Morgan fingerprint density at radius 3 is 2.19 bits per heavy atom. The van der Waals surface area contributed by atoms with Crippen LogP contribution in [0.25, 0.3) is 6.08 Å². The number of carbonyl (C=O) groups excluding carboxylic acids is 3. The minimum Gasteiger partial charge on any atom is -0.483 e. The molecule has 2 heterocycles. The molecule has 8 nitrogen and oxygen atoms in total. The van der Waals surface area contributed by atoms with E-state index in [0.717, 1.165) is 11.1 Å². The lowest BCUT2D eigenvalue weighted by molar-refractivity contribution is -0.136. The van der Waals surface area contributed by atoms with Gasteiger partial charge in [-0.05, 0) is 61.3 Å². The van der Waals surface area contributed by atoms with Gasteiger partial charge in [0.1, 0.15) is 17.8 Å². The Bertz CT molecular complexity index is 1360. The summed E-state index contributed by atoms with van der Waals surface area (Å²) in [6, 6.07) is 23.9. The van der Waals surface area contributed by atoms with E-state index in [9.17, 15) is 14.4 Å². The second-order valence-electron chi connectivity index (χ2n) is 10.9. The average Bonchev–Trinajstić information content (AvgIpc) is 3.00. The van der Waals surface area contributed by atoms with Gasteiger partial charge in [-0.3, -0.25) is 19.3 Å². The number of hydrogen-bond acceptors (Lipinski definition) is 5. The van der Waals surface area contributed by atoms with Crippen LogP contribution >= 0.6 is 0 Å². The molecule has 8 heteroatoms. The summed E-state index contributed by atoms with van der Waals surface area (Å²) in [5.74, 6) is -0.778. The maximum atomic E-state index is 14.2. The van der Waals surface area contributed by atoms with Crippen LogP contribution in [0, 0.1) is 5.92 Å². The van der Waals surface area contributed by atoms with Gasteiger partial charge in [-0.1, -0.05) is 93.1 Å². The van der Waals surface area contributed by atoms with Gasteiger partial charge in [-0.25, -0.2) is 0 Å². The van der Waals surface area contributed by atoms with Gasteiger partial charge in [0, 0.05) is 6.20 Å². The third kappa shape index (κ3) is 7.85. The predicted octanol–water partition coefficient (Wildman–Crippen LogP) is 4.10. The van der Waals surface area contributed by atoms with Crippen molar-refractivity contribution in [1.29, 1.82) is 0 Å². The molecule has 0 unspecified atom stereocenters. The van der Waals surface area contributed by atoms with Gasteiger partial charge < -0.3 is 20.7 Å². The number of fused-ring (bicyclic) bond motifs is 10. The Morgan fingerprint density at radius 2 is 1.57 bits per heavy atom. The summed E-state index contributed by atoms with van der Waals surface area (Å²) in [6.45, 7) is 3.88. The van der Waals surface area contributed by atoms with E-state index in [-0.39, 0.29) is 17.7 Å². The van der Waals surface area contributed by atoms with E-state index in [2.05, 4.69) is 16.0 Å². The Morgan fingerprint density at radius 1 is 0.929 bits per heavy atom. The molecule has 42 heavy (non-hydrogen) atoms. The highest BCUT2D eigenvalue weighted by Crippen LogP contribution is 2.27. The molecule has 3 amide bonds. The van der Waals surface area contributed by atoms with Crippen molar-refractivity contribution in [3.63, 3.8) is 0 Å². The smallest absolute Gasteiger partial charge is 0.247 e. The standard InChI is InChI=1S/C34H40N4O4/c1-5-23(2)29-33(40)35-21-20-24-16-18-27(19-17-24)42-31(26-14-10-7-11-15-26)30(34(41)36-29)37-32(39)28(38(3)4)22-25-12-8-6-9-13-25/h6-21,23,28-31H,5,22H2,1-4H3,(H,35,40)(H,36,41)(H,37,39)/t23-,28+,29+,30+,31-/m1/s1. The molecule has 3 aromatic rings. The van der Waals surface area contributed by atoms with Crippen LogP contribution in [0.5, 0.6) is 5.75 Å². The highest BCUT2D eigenvalue weighted by atomic mass is 16.5. The van der Waals surface area contributed by atoms with Crippen molar-refractivity contribution >= 4 is 23.8 Å². The first kappa shape index (κ1) is 30.5. The molecule has 0 aliphatic carbocycles. The number of hydrogen-bond donors (Lipinski definition) is 3. The van der Waals surface area contributed by atoms with Crippen molar-refractivity contribution in [3.8, 4) is 5.75 Å². The summed E-state index contributed by atoms with van der Waals surface area (Å²) in [5.41, 5.74) is 2.59. The molecular formula is C34H40N4O4. The average molecular weight is 569 g/mol. The second kappa shape index (κ2) is 14.5. The number of nitrogens with one attached hydrogen (secondary N) is 3. The van der Waals surface area contributed by atoms with Gasteiger partial charge in [-0.2, -0.15) is 0 Å². The molecule has 3 N–H and O–H groups in total. The molecule has 0 aromatic heterocycles. The van der Waals surface area contributed by atoms with Crippen molar-refractivity contribution < 1.29 is 19.1 Å². The van der Waals surface area contributed by atoms with E-state index in [4.69, 9.17) is 4.74 Å². The van der Waals surface area contributed by atoms with E-state index >= 15 is 0 Å². The molecule has 0 saturated carbocycles. The Hall–Kier alpha value is -4.43. The van der Waals surface area contributed by atoms with E-state index in [1.54, 1.807) is 24.4 Å². The first-order valence-corrected chi connectivity index (χ1v) is 14.4. The fourth-order valence-corrected chi connectivity index (χ4v) is 4.91. The second-order valence-corrected chi connectivity index (χ2v) is 10.9. The van der Waals surface area contributed by atoms with E-state index < -0.39 is 30.1 Å². The zero-order chi connectivity index (χ0) is 30.1. The van der Waals surface area contributed by atoms with Crippen molar-refractivity contribution in [3.05, 3.63) is 108 Å². The molecule has 0 radical (unpaired) electrons. The molecule has 2 bridgehead atoms. The van der Waals surface area contributed by atoms with Crippen molar-refractivity contribution in [2.75, 3.05) is 14.1 Å². The minimum atomic E-state index is -1.14. The lowest BCUT2D eigenvalue weighted by Gasteiger charge is -2.33. The van der Waals surface area contributed by atoms with Crippen molar-refractivity contribution in [2.24, 2.45) is 5.92 Å². The Balaban J connectivity index is 1.77. The van der Waals surface area contributed by atoms with Gasteiger partial charge in [0.05, 0.1) is 6.04 Å². The van der Waals surface area contributed by atoms with Crippen LogP contribution in [0.4, 0.5) is 0 Å². The summed E-state index contributed by atoms with van der Waals surface area (Å²) < 4.78 is 6.48. The number of amides is 3. The third-order valence-electron chi connectivity index (χ3n) is 7.65. The number of ether oxygens (including phenoxy) is 1. The minimum absolute atomic E-state index is 0.159. The topological polar surface area (TPSA) is 99.8 Å². The highest BCUT2D eigenvalue weighted by molar-refractivity contribution is 5.94. The zero-order valence-electron chi connectivity index (χ0n) is 24.6. The first-order valence-electron chi connectivity index (χ1n) is 14.4. The molecular weight excluding hydrogens is 528 g/mol. The van der Waals surface area contributed by atoms with Gasteiger partial charge in [0.25, 0.3) is 0 Å². The molecule has 0 saturated heterocycles. The number of benzene rings is 3. The SMILES string of the molecule is CC[C@@H](C)[C@@H]1NC(=O)[C@@H](NC(=O)[C@H](Cc2ccccc2)N(C)C)[C@@H](c2ccccc2)Oc2ccc(cc2)C=CNC1=O. The number of carbonyl (C=O) groups is 3. The first-order chi connectivity index (χ1) is 20.3. The lowest BCUT2D eigenvalue weighted by Crippen LogP contribution is -2.59. The maximum Gasteiger partial charge on any atom is 0.247 e. The van der Waals surface area contributed by atoms with Gasteiger partial charge in [0.2, 0.25) is 17.7 Å².